The highest BCUT2D eigenvalue weighted by Crippen LogP contribution is 2.39. The Balaban J connectivity index is 1.15. The van der Waals surface area contributed by atoms with Crippen LogP contribution in [-0.4, -0.2) is 40.8 Å². The normalized spacial score (nSPS) is 24.9. The molecule has 5 heteroatoms. The Morgan fingerprint density at radius 3 is 2.50 bits per heavy atom. The third kappa shape index (κ3) is 3.45. The van der Waals surface area contributed by atoms with Crippen LogP contribution in [-0.2, 0) is 0 Å². The summed E-state index contributed by atoms with van der Waals surface area (Å²) in [7, 11) is 0. The predicted molar refractivity (Wildman–Crippen MR) is 85.9 cm³/mol. The summed E-state index contributed by atoms with van der Waals surface area (Å²) in [6, 6.07) is 1.52. The van der Waals surface area contributed by atoms with Gasteiger partial charge in [-0.05, 0) is 64.0 Å². The fraction of sp³-hybridized carbons (Fsp3) is 0.882. The third-order valence-electron chi connectivity index (χ3n) is 5.69. The second-order valence-corrected chi connectivity index (χ2v) is 7.35. The van der Waals surface area contributed by atoms with Crippen LogP contribution in [0.2, 0.25) is 0 Å². The predicted octanol–water partition coefficient (Wildman–Crippen LogP) is 3.40. The highest BCUT2D eigenvalue weighted by Gasteiger charge is 2.29. The van der Waals surface area contributed by atoms with Crippen molar-refractivity contribution >= 4 is 6.01 Å². The monoisotopic (exact) mass is 304 g/mol. The maximum Gasteiger partial charge on any atom is 0.315 e. The van der Waals surface area contributed by atoms with Crippen molar-refractivity contribution in [1.29, 1.82) is 0 Å². The molecule has 0 unspecified atom stereocenters. The van der Waals surface area contributed by atoms with Crippen LogP contribution in [0.4, 0.5) is 6.01 Å². The molecule has 2 aliphatic carbocycles. The van der Waals surface area contributed by atoms with Crippen molar-refractivity contribution in [3.05, 3.63) is 5.89 Å². The molecule has 0 atom stereocenters. The molecule has 122 valence electrons. The SMILES string of the molecule is C1CCC(N2CCC(CCNc3nnc(C4CC4)o3)CC2)C1. The van der Waals surface area contributed by atoms with E-state index in [1.807, 2.05) is 0 Å². The second kappa shape index (κ2) is 6.57. The van der Waals surface area contributed by atoms with E-state index in [9.17, 15) is 0 Å². The summed E-state index contributed by atoms with van der Waals surface area (Å²) >= 11 is 0. The summed E-state index contributed by atoms with van der Waals surface area (Å²) < 4.78 is 5.64. The fourth-order valence-electron chi connectivity index (χ4n) is 4.06. The van der Waals surface area contributed by atoms with Crippen LogP contribution in [0, 0.1) is 5.92 Å². The van der Waals surface area contributed by atoms with Crippen molar-refractivity contribution < 1.29 is 4.42 Å². The average Bonchev–Trinajstić information content (AvgIpc) is 3.06. The van der Waals surface area contributed by atoms with E-state index in [1.165, 1.54) is 70.9 Å². The average molecular weight is 304 g/mol. The van der Waals surface area contributed by atoms with E-state index in [0.717, 1.165) is 24.4 Å². The Bertz CT molecular complexity index is 471. The number of rotatable bonds is 6. The molecule has 1 aromatic rings. The highest BCUT2D eigenvalue weighted by molar-refractivity contribution is 5.18. The van der Waals surface area contributed by atoms with E-state index in [2.05, 4.69) is 20.4 Å². The van der Waals surface area contributed by atoms with E-state index < -0.39 is 0 Å². The van der Waals surface area contributed by atoms with E-state index in [-0.39, 0.29) is 0 Å². The Labute approximate surface area is 132 Å². The van der Waals surface area contributed by atoms with E-state index in [4.69, 9.17) is 4.42 Å². The lowest BCUT2D eigenvalue weighted by molar-refractivity contribution is 0.132. The number of piperidine rings is 1. The van der Waals surface area contributed by atoms with Gasteiger partial charge in [0.1, 0.15) is 0 Å². The van der Waals surface area contributed by atoms with Crippen molar-refractivity contribution in [3.63, 3.8) is 0 Å². The molecule has 0 bridgehead atoms. The molecule has 0 spiro atoms. The molecule has 0 radical (unpaired) electrons. The highest BCUT2D eigenvalue weighted by atomic mass is 16.4. The molecule has 0 aromatic carbocycles. The van der Waals surface area contributed by atoms with Crippen molar-refractivity contribution in [1.82, 2.24) is 15.1 Å². The lowest BCUT2D eigenvalue weighted by Gasteiger charge is -2.36. The van der Waals surface area contributed by atoms with Gasteiger partial charge in [0.2, 0.25) is 5.89 Å². The fourth-order valence-corrected chi connectivity index (χ4v) is 4.06. The van der Waals surface area contributed by atoms with E-state index in [1.54, 1.807) is 0 Å². The lowest BCUT2D eigenvalue weighted by Crippen LogP contribution is -2.40. The van der Waals surface area contributed by atoms with Gasteiger partial charge in [0.25, 0.3) is 0 Å². The van der Waals surface area contributed by atoms with Gasteiger partial charge in [-0.1, -0.05) is 17.9 Å². The van der Waals surface area contributed by atoms with Crippen molar-refractivity contribution in [2.24, 2.45) is 5.92 Å². The quantitative estimate of drug-likeness (QED) is 0.873. The van der Waals surface area contributed by atoms with Crippen LogP contribution in [0.1, 0.15) is 69.6 Å². The van der Waals surface area contributed by atoms with Crippen LogP contribution < -0.4 is 5.32 Å². The van der Waals surface area contributed by atoms with E-state index >= 15 is 0 Å². The molecular weight excluding hydrogens is 276 g/mol. The largest absolute Gasteiger partial charge is 0.408 e. The van der Waals surface area contributed by atoms with Crippen molar-refractivity contribution in [3.8, 4) is 0 Å². The van der Waals surface area contributed by atoms with Gasteiger partial charge in [0.05, 0.1) is 0 Å². The van der Waals surface area contributed by atoms with Crippen molar-refractivity contribution in [2.75, 3.05) is 25.0 Å². The second-order valence-electron chi connectivity index (χ2n) is 7.35. The molecule has 22 heavy (non-hydrogen) atoms. The molecule has 1 aliphatic heterocycles. The molecule has 2 heterocycles. The number of likely N-dealkylation sites (tertiary alicyclic amines) is 1. The molecule has 0 amide bonds. The summed E-state index contributed by atoms with van der Waals surface area (Å²) in [6.45, 7) is 3.57. The molecule has 5 nitrogen and oxygen atoms in total. The zero-order valence-corrected chi connectivity index (χ0v) is 13.5. The van der Waals surface area contributed by atoms with Gasteiger partial charge < -0.3 is 14.6 Å². The van der Waals surface area contributed by atoms with Crippen LogP contribution in [0.3, 0.4) is 0 Å². The number of aromatic nitrogens is 2. The van der Waals surface area contributed by atoms with Gasteiger partial charge in [0, 0.05) is 18.5 Å². The number of nitrogens with zero attached hydrogens (tertiary/aromatic N) is 3. The number of hydrogen-bond donors (Lipinski definition) is 1. The number of nitrogens with one attached hydrogen (secondary N) is 1. The van der Waals surface area contributed by atoms with E-state index in [0.29, 0.717) is 11.9 Å². The maximum atomic E-state index is 5.64. The lowest BCUT2D eigenvalue weighted by atomic mass is 9.92. The summed E-state index contributed by atoms with van der Waals surface area (Å²) in [5, 5.41) is 11.5. The standard InChI is InChI=1S/C17H28N4O/c1-2-4-15(3-1)21-11-8-13(9-12-21)7-10-18-17-20-19-16(22-17)14-5-6-14/h13-15H,1-12H2,(H,18,20). The first-order valence-electron chi connectivity index (χ1n) is 9.20. The molecule has 1 aromatic heterocycles. The minimum absolute atomic E-state index is 0.544. The molecule has 3 fully saturated rings. The molecule has 2 saturated carbocycles. The zero-order chi connectivity index (χ0) is 14.8. The minimum Gasteiger partial charge on any atom is -0.408 e. The zero-order valence-electron chi connectivity index (χ0n) is 13.5. The molecular formula is C17H28N4O. The first-order valence-corrected chi connectivity index (χ1v) is 9.20. The Morgan fingerprint density at radius 1 is 1.00 bits per heavy atom. The number of hydrogen-bond acceptors (Lipinski definition) is 5. The Kier molecular flexibility index (Phi) is 4.33. The van der Waals surface area contributed by atoms with Gasteiger partial charge in [0.15, 0.2) is 0 Å². The maximum absolute atomic E-state index is 5.64. The first kappa shape index (κ1) is 14.5. The van der Waals surface area contributed by atoms with Gasteiger partial charge in [-0.15, -0.1) is 5.10 Å². The molecule has 3 aliphatic rings. The molecule has 1 saturated heterocycles. The molecule has 1 N–H and O–H groups in total. The Morgan fingerprint density at radius 2 is 1.77 bits per heavy atom. The summed E-state index contributed by atoms with van der Waals surface area (Å²) in [5.74, 6) is 2.23. The summed E-state index contributed by atoms with van der Waals surface area (Å²) in [6.07, 6.45) is 12.1. The van der Waals surface area contributed by atoms with Gasteiger partial charge in [-0.2, -0.15) is 0 Å². The van der Waals surface area contributed by atoms with Crippen LogP contribution >= 0.6 is 0 Å². The molecule has 4 rings (SSSR count). The Hall–Kier alpha value is -1.10. The summed E-state index contributed by atoms with van der Waals surface area (Å²) in [4.78, 5) is 2.75. The van der Waals surface area contributed by atoms with Gasteiger partial charge >= 0.3 is 6.01 Å². The summed E-state index contributed by atoms with van der Waals surface area (Å²) in [5.41, 5.74) is 0. The van der Waals surface area contributed by atoms with Crippen LogP contribution in [0.15, 0.2) is 4.42 Å². The smallest absolute Gasteiger partial charge is 0.315 e. The van der Waals surface area contributed by atoms with Gasteiger partial charge in [-0.3, -0.25) is 0 Å². The van der Waals surface area contributed by atoms with Crippen molar-refractivity contribution in [2.45, 2.75) is 69.7 Å². The minimum atomic E-state index is 0.544. The first-order chi connectivity index (χ1) is 10.9. The van der Waals surface area contributed by atoms with Crippen LogP contribution in [0.25, 0.3) is 0 Å². The van der Waals surface area contributed by atoms with Crippen LogP contribution in [0.5, 0.6) is 0 Å². The number of anilines is 1. The third-order valence-corrected chi connectivity index (χ3v) is 5.69. The topological polar surface area (TPSA) is 54.2 Å². The van der Waals surface area contributed by atoms with Gasteiger partial charge in [-0.25, -0.2) is 0 Å².